The van der Waals surface area contributed by atoms with Crippen LogP contribution in [0.4, 0.5) is 5.82 Å². The van der Waals surface area contributed by atoms with Crippen molar-refractivity contribution in [2.45, 2.75) is 51.7 Å². The maximum atomic E-state index is 13.1. The topological polar surface area (TPSA) is 104 Å². The molecule has 9 heteroatoms. The van der Waals surface area contributed by atoms with Gasteiger partial charge in [-0.3, -0.25) is 4.79 Å². The number of aromatic nitrogens is 3. The van der Waals surface area contributed by atoms with E-state index in [1.54, 1.807) is 25.4 Å². The van der Waals surface area contributed by atoms with Crippen molar-refractivity contribution in [3.8, 4) is 11.9 Å². The van der Waals surface area contributed by atoms with Crippen molar-refractivity contribution in [2.75, 3.05) is 38.3 Å². The molecule has 9 nitrogen and oxygen atoms in total. The lowest BCUT2D eigenvalue weighted by atomic mass is 9.77. The summed E-state index contributed by atoms with van der Waals surface area (Å²) in [7, 11) is 1.57. The fourth-order valence-corrected chi connectivity index (χ4v) is 4.11. The molecule has 2 heterocycles. The standard InChI is InChI=1S/C24H32N6O3/c1-5-29(15-18(3)30(6-2)21-9-8-19(13-25)14-26-21)23(31)16-33-24(10-7-11-24)20-12-22(32-4)28-17-27-20/h8-9,12,14,17-18H,5-7,10-11,15-16H2,1-4H3. The fourth-order valence-electron chi connectivity index (χ4n) is 4.11. The predicted molar refractivity (Wildman–Crippen MR) is 124 cm³/mol. The van der Waals surface area contributed by atoms with Gasteiger partial charge >= 0.3 is 0 Å². The Labute approximate surface area is 195 Å². The van der Waals surface area contributed by atoms with Crippen LogP contribution in [0.5, 0.6) is 5.88 Å². The number of pyridine rings is 1. The van der Waals surface area contributed by atoms with Gasteiger partial charge in [-0.05, 0) is 52.2 Å². The van der Waals surface area contributed by atoms with Crippen molar-refractivity contribution in [3.05, 3.63) is 42.0 Å². The first-order chi connectivity index (χ1) is 16.0. The van der Waals surface area contributed by atoms with Crippen LogP contribution < -0.4 is 9.64 Å². The third-order valence-corrected chi connectivity index (χ3v) is 6.21. The van der Waals surface area contributed by atoms with Crippen molar-refractivity contribution in [3.63, 3.8) is 0 Å². The highest BCUT2D eigenvalue weighted by molar-refractivity contribution is 5.77. The number of hydrogen-bond acceptors (Lipinski definition) is 8. The van der Waals surface area contributed by atoms with Gasteiger partial charge in [0.05, 0.1) is 18.4 Å². The van der Waals surface area contributed by atoms with Gasteiger partial charge in [-0.15, -0.1) is 0 Å². The van der Waals surface area contributed by atoms with E-state index in [0.717, 1.165) is 37.3 Å². The van der Waals surface area contributed by atoms with Gasteiger partial charge in [-0.25, -0.2) is 15.0 Å². The summed E-state index contributed by atoms with van der Waals surface area (Å²) in [6.45, 7) is 7.95. The van der Waals surface area contributed by atoms with Crippen LogP contribution in [0.3, 0.4) is 0 Å². The van der Waals surface area contributed by atoms with Crippen molar-refractivity contribution in [1.82, 2.24) is 19.9 Å². The molecule has 176 valence electrons. The Morgan fingerprint density at radius 3 is 2.58 bits per heavy atom. The Balaban J connectivity index is 1.63. The van der Waals surface area contributed by atoms with E-state index in [9.17, 15) is 4.79 Å². The van der Waals surface area contributed by atoms with Gasteiger partial charge in [-0.2, -0.15) is 5.26 Å². The van der Waals surface area contributed by atoms with E-state index in [-0.39, 0.29) is 18.6 Å². The number of nitrogens with zero attached hydrogens (tertiary/aromatic N) is 6. The minimum atomic E-state index is -0.557. The molecule has 1 saturated carbocycles. The van der Waals surface area contributed by atoms with Gasteiger partial charge in [-0.1, -0.05) is 0 Å². The van der Waals surface area contributed by atoms with Gasteiger partial charge < -0.3 is 19.3 Å². The smallest absolute Gasteiger partial charge is 0.248 e. The highest BCUT2D eigenvalue weighted by Crippen LogP contribution is 2.44. The number of nitriles is 1. The van der Waals surface area contributed by atoms with Crippen LogP contribution in [-0.2, 0) is 15.1 Å². The summed E-state index contributed by atoms with van der Waals surface area (Å²) in [5.41, 5.74) is 0.726. The molecule has 3 rings (SSSR count). The first-order valence-corrected chi connectivity index (χ1v) is 11.4. The lowest BCUT2D eigenvalue weighted by molar-refractivity contribution is -0.154. The van der Waals surface area contributed by atoms with E-state index in [1.165, 1.54) is 6.33 Å². The summed E-state index contributed by atoms with van der Waals surface area (Å²) in [5.74, 6) is 1.22. The lowest BCUT2D eigenvalue weighted by Gasteiger charge is -2.41. The number of ether oxygens (including phenoxy) is 2. The zero-order valence-electron chi connectivity index (χ0n) is 19.8. The van der Waals surface area contributed by atoms with Crippen LogP contribution in [0, 0.1) is 11.3 Å². The van der Waals surface area contributed by atoms with E-state index < -0.39 is 5.60 Å². The normalized spacial score (nSPS) is 15.1. The summed E-state index contributed by atoms with van der Waals surface area (Å²) in [6, 6.07) is 7.52. The SMILES string of the molecule is CCN(CC(C)N(CC)c1ccc(C#N)cn1)C(=O)COC1(c2cc(OC)ncn2)CCC1. The van der Waals surface area contributed by atoms with Gasteiger partial charge in [0.15, 0.2) is 0 Å². The Morgan fingerprint density at radius 1 is 1.24 bits per heavy atom. The average Bonchev–Trinajstić information content (AvgIpc) is 2.82. The molecule has 1 amide bonds. The minimum absolute atomic E-state index is 0.00583. The molecule has 1 aliphatic carbocycles. The molecule has 0 spiro atoms. The predicted octanol–water partition coefficient (Wildman–Crippen LogP) is 2.91. The van der Waals surface area contributed by atoms with Crippen LogP contribution in [-0.4, -0.2) is 65.2 Å². The van der Waals surface area contributed by atoms with E-state index >= 15 is 0 Å². The summed E-state index contributed by atoms with van der Waals surface area (Å²) in [4.78, 5) is 29.8. The Morgan fingerprint density at radius 2 is 2.03 bits per heavy atom. The van der Waals surface area contributed by atoms with Crippen molar-refractivity contribution in [1.29, 1.82) is 5.26 Å². The molecular formula is C24H32N6O3. The van der Waals surface area contributed by atoms with Gasteiger partial charge in [0.1, 0.15) is 30.4 Å². The first kappa shape index (κ1) is 24.4. The highest BCUT2D eigenvalue weighted by atomic mass is 16.5. The zero-order valence-corrected chi connectivity index (χ0v) is 19.8. The summed E-state index contributed by atoms with van der Waals surface area (Å²) in [5, 5.41) is 9.00. The Bertz CT molecular complexity index is 971. The number of carbonyl (C=O) groups is 1. The molecule has 1 atom stereocenters. The lowest BCUT2D eigenvalue weighted by Crippen LogP contribution is -2.47. The summed E-state index contributed by atoms with van der Waals surface area (Å²) < 4.78 is 11.4. The van der Waals surface area contributed by atoms with E-state index in [2.05, 4.69) is 32.8 Å². The third-order valence-electron chi connectivity index (χ3n) is 6.21. The second-order valence-electron chi connectivity index (χ2n) is 8.17. The minimum Gasteiger partial charge on any atom is -0.481 e. The van der Waals surface area contributed by atoms with Crippen LogP contribution in [0.15, 0.2) is 30.7 Å². The van der Waals surface area contributed by atoms with Gasteiger partial charge in [0, 0.05) is 37.9 Å². The number of carbonyl (C=O) groups excluding carboxylic acids is 1. The molecule has 2 aromatic heterocycles. The third kappa shape index (κ3) is 5.57. The number of hydrogen-bond donors (Lipinski definition) is 0. The molecular weight excluding hydrogens is 420 g/mol. The molecule has 1 fully saturated rings. The second kappa shape index (κ2) is 11.1. The maximum absolute atomic E-state index is 13.1. The zero-order chi connectivity index (χ0) is 23.8. The Hall–Kier alpha value is -3.25. The molecule has 33 heavy (non-hydrogen) atoms. The second-order valence-corrected chi connectivity index (χ2v) is 8.17. The largest absolute Gasteiger partial charge is 0.481 e. The Kier molecular flexibility index (Phi) is 8.17. The fraction of sp³-hybridized carbons (Fsp3) is 0.542. The highest BCUT2D eigenvalue weighted by Gasteiger charge is 2.42. The average molecular weight is 453 g/mol. The molecule has 2 aromatic rings. The number of rotatable bonds is 11. The van der Waals surface area contributed by atoms with Crippen LogP contribution in [0.2, 0.25) is 0 Å². The number of anilines is 1. The van der Waals surface area contributed by atoms with Gasteiger partial charge in [0.2, 0.25) is 11.8 Å². The molecule has 0 radical (unpaired) electrons. The van der Waals surface area contributed by atoms with Crippen molar-refractivity contribution >= 4 is 11.7 Å². The molecule has 0 bridgehead atoms. The van der Waals surface area contributed by atoms with Crippen LogP contribution in [0.1, 0.15) is 51.3 Å². The number of likely N-dealkylation sites (N-methyl/N-ethyl adjacent to an activating group) is 2. The first-order valence-electron chi connectivity index (χ1n) is 11.4. The van der Waals surface area contributed by atoms with E-state index in [4.69, 9.17) is 14.7 Å². The van der Waals surface area contributed by atoms with Crippen LogP contribution in [0.25, 0.3) is 0 Å². The summed E-state index contributed by atoms with van der Waals surface area (Å²) >= 11 is 0. The van der Waals surface area contributed by atoms with Gasteiger partial charge in [0.25, 0.3) is 0 Å². The molecule has 0 aromatic carbocycles. The summed E-state index contributed by atoms with van der Waals surface area (Å²) in [6.07, 6.45) is 5.70. The molecule has 1 unspecified atom stereocenters. The number of methoxy groups -OCH3 is 1. The molecule has 1 aliphatic rings. The molecule has 0 saturated heterocycles. The monoisotopic (exact) mass is 452 g/mol. The van der Waals surface area contributed by atoms with Crippen LogP contribution >= 0.6 is 0 Å². The van der Waals surface area contributed by atoms with Crippen molar-refractivity contribution in [2.24, 2.45) is 0 Å². The number of amides is 1. The quantitative estimate of drug-likeness (QED) is 0.513. The maximum Gasteiger partial charge on any atom is 0.248 e. The molecule has 0 aliphatic heterocycles. The van der Waals surface area contributed by atoms with Crippen molar-refractivity contribution < 1.29 is 14.3 Å². The molecule has 0 N–H and O–H groups in total. The van der Waals surface area contributed by atoms with E-state index in [1.807, 2.05) is 24.8 Å². The van der Waals surface area contributed by atoms with E-state index in [0.29, 0.717) is 24.5 Å².